The number of halogens is 2. The number of aromatic amines is 2. The van der Waals surface area contributed by atoms with Crippen LogP contribution in [-0.2, 0) is 0 Å². The van der Waals surface area contributed by atoms with Gasteiger partial charge in [0, 0.05) is 55.8 Å². The molecule has 7 heteroatoms. The SMILES string of the molecule is CN1C(C(=O)c2c[nH]c3cc(Br)ccc23)=NCC1c1c[nH]c2cc(Br)ccc12. The second-order valence-electron chi connectivity index (χ2n) is 6.95. The number of carbonyl (C=O) groups is 1. The summed E-state index contributed by atoms with van der Waals surface area (Å²) in [5.74, 6) is 0.446. The molecule has 0 amide bonds. The van der Waals surface area contributed by atoms with E-state index in [9.17, 15) is 4.79 Å². The number of hydrogen-bond donors (Lipinski definition) is 2. The van der Waals surface area contributed by atoms with Crippen molar-refractivity contribution in [3.05, 3.63) is 68.9 Å². The van der Waals surface area contributed by atoms with E-state index in [0.717, 1.165) is 36.3 Å². The quantitative estimate of drug-likeness (QED) is 0.368. The van der Waals surface area contributed by atoms with Gasteiger partial charge >= 0.3 is 0 Å². The molecule has 28 heavy (non-hydrogen) atoms. The Morgan fingerprint density at radius 3 is 2.43 bits per heavy atom. The molecule has 0 saturated heterocycles. The van der Waals surface area contributed by atoms with E-state index in [-0.39, 0.29) is 11.8 Å². The standard InChI is InChI=1S/C21H16Br2N4O/c1-27-19(15-8-24-17-6-11(22)2-4-13(15)17)10-26-21(27)20(28)16-9-25-18-7-12(23)3-5-14(16)18/h2-9,19,24-25H,10H2,1H3. The molecule has 3 heterocycles. The number of nitrogens with one attached hydrogen (secondary N) is 2. The molecule has 0 aliphatic carbocycles. The summed E-state index contributed by atoms with van der Waals surface area (Å²) in [6, 6.07) is 12.1. The molecule has 140 valence electrons. The number of hydrogen-bond acceptors (Lipinski definition) is 3. The van der Waals surface area contributed by atoms with Crippen LogP contribution in [0.3, 0.4) is 0 Å². The summed E-state index contributed by atoms with van der Waals surface area (Å²) in [5.41, 5.74) is 3.80. The van der Waals surface area contributed by atoms with Gasteiger partial charge in [0.15, 0.2) is 5.84 Å². The van der Waals surface area contributed by atoms with Crippen molar-refractivity contribution >= 4 is 65.3 Å². The van der Waals surface area contributed by atoms with Gasteiger partial charge in [0.2, 0.25) is 5.78 Å². The van der Waals surface area contributed by atoms with Gasteiger partial charge in [-0.3, -0.25) is 9.79 Å². The fraction of sp³-hybridized carbons (Fsp3) is 0.143. The Morgan fingerprint density at radius 2 is 1.68 bits per heavy atom. The molecule has 1 atom stereocenters. The van der Waals surface area contributed by atoms with Gasteiger partial charge in [-0.05, 0) is 24.3 Å². The van der Waals surface area contributed by atoms with Crippen molar-refractivity contribution in [3.63, 3.8) is 0 Å². The summed E-state index contributed by atoms with van der Waals surface area (Å²) < 4.78 is 2.01. The number of likely N-dealkylation sites (N-methyl/N-ethyl adjacent to an activating group) is 1. The fourth-order valence-electron chi connectivity index (χ4n) is 3.90. The Kier molecular flexibility index (Phi) is 4.17. The van der Waals surface area contributed by atoms with E-state index >= 15 is 0 Å². The summed E-state index contributed by atoms with van der Waals surface area (Å²) in [6.45, 7) is 0.564. The molecule has 0 bridgehead atoms. The third-order valence-electron chi connectivity index (χ3n) is 5.34. The predicted octanol–water partition coefficient (Wildman–Crippen LogP) is 5.44. The van der Waals surface area contributed by atoms with E-state index in [1.165, 1.54) is 0 Å². The van der Waals surface area contributed by atoms with E-state index in [0.29, 0.717) is 17.9 Å². The second kappa shape index (κ2) is 6.60. The van der Waals surface area contributed by atoms with Crippen LogP contribution in [0.15, 0.2) is 62.7 Å². The van der Waals surface area contributed by atoms with Crippen LogP contribution in [0.2, 0.25) is 0 Å². The number of Topliss-reactive ketones (excluding diaryl/α,β-unsaturated/α-hetero) is 1. The summed E-state index contributed by atoms with van der Waals surface area (Å²) >= 11 is 6.97. The second-order valence-corrected chi connectivity index (χ2v) is 8.78. The van der Waals surface area contributed by atoms with Gasteiger partial charge in [-0.1, -0.05) is 44.0 Å². The van der Waals surface area contributed by atoms with Crippen LogP contribution >= 0.6 is 31.9 Å². The monoisotopic (exact) mass is 498 g/mol. The highest BCUT2D eigenvalue weighted by atomic mass is 79.9. The molecule has 1 aliphatic heterocycles. The minimum Gasteiger partial charge on any atom is -0.361 e. The molecule has 0 fully saturated rings. The normalized spacial score (nSPS) is 16.9. The lowest BCUT2D eigenvalue weighted by molar-refractivity contribution is 0.105. The van der Waals surface area contributed by atoms with Crippen LogP contribution in [0.4, 0.5) is 0 Å². The molecule has 2 aromatic carbocycles. The zero-order valence-electron chi connectivity index (χ0n) is 15.0. The first-order chi connectivity index (χ1) is 13.5. The maximum Gasteiger partial charge on any atom is 0.229 e. The van der Waals surface area contributed by atoms with Crippen molar-refractivity contribution in [3.8, 4) is 0 Å². The number of aromatic nitrogens is 2. The lowest BCUT2D eigenvalue weighted by Gasteiger charge is -2.22. The first-order valence-electron chi connectivity index (χ1n) is 8.88. The molecule has 5 nitrogen and oxygen atoms in total. The van der Waals surface area contributed by atoms with E-state index in [4.69, 9.17) is 0 Å². The van der Waals surface area contributed by atoms with Crippen LogP contribution in [0, 0.1) is 0 Å². The summed E-state index contributed by atoms with van der Waals surface area (Å²) in [6.07, 6.45) is 3.79. The van der Waals surface area contributed by atoms with Crippen molar-refractivity contribution in [2.75, 3.05) is 13.6 Å². The Bertz CT molecular complexity index is 1270. The fourth-order valence-corrected chi connectivity index (χ4v) is 4.62. The predicted molar refractivity (Wildman–Crippen MR) is 119 cm³/mol. The molecule has 5 rings (SSSR count). The van der Waals surface area contributed by atoms with Gasteiger partial charge in [-0.15, -0.1) is 0 Å². The van der Waals surface area contributed by atoms with Crippen molar-refractivity contribution < 1.29 is 4.79 Å². The van der Waals surface area contributed by atoms with Crippen molar-refractivity contribution in [1.29, 1.82) is 0 Å². The Labute approximate surface area is 178 Å². The van der Waals surface area contributed by atoms with E-state index in [2.05, 4.69) is 59.0 Å². The third-order valence-corrected chi connectivity index (χ3v) is 6.33. The number of benzene rings is 2. The number of ketones is 1. The maximum atomic E-state index is 13.2. The molecule has 0 radical (unpaired) electrons. The largest absolute Gasteiger partial charge is 0.361 e. The minimum absolute atomic E-state index is 0.0354. The number of nitrogens with zero attached hydrogens (tertiary/aromatic N) is 2. The van der Waals surface area contributed by atoms with Crippen molar-refractivity contribution in [2.45, 2.75) is 6.04 Å². The first-order valence-corrected chi connectivity index (χ1v) is 10.5. The molecule has 4 aromatic rings. The average molecular weight is 500 g/mol. The van der Waals surface area contributed by atoms with Gasteiger partial charge in [-0.25, -0.2) is 0 Å². The molecule has 1 aliphatic rings. The number of H-pyrrole nitrogens is 2. The van der Waals surface area contributed by atoms with Crippen LogP contribution in [0.1, 0.15) is 22.0 Å². The molecule has 2 N–H and O–H groups in total. The lowest BCUT2D eigenvalue weighted by atomic mass is 10.0. The highest BCUT2D eigenvalue weighted by molar-refractivity contribution is 9.10. The molecular weight excluding hydrogens is 484 g/mol. The molecule has 0 spiro atoms. The van der Waals surface area contributed by atoms with Crippen LogP contribution in [-0.4, -0.2) is 40.1 Å². The average Bonchev–Trinajstić information content (AvgIpc) is 3.37. The van der Waals surface area contributed by atoms with Crippen LogP contribution < -0.4 is 0 Å². The zero-order valence-corrected chi connectivity index (χ0v) is 18.1. The van der Waals surface area contributed by atoms with Crippen molar-refractivity contribution in [2.24, 2.45) is 4.99 Å². The Balaban J connectivity index is 1.48. The number of aliphatic imine (C=N–C) groups is 1. The van der Waals surface area contributed by atoms with Gasteiger partial charge in [0.1, 0.15) is 0 Å². The van der Waals surface area contributed by atoms with E-state index < -0.39 is 0 Å². The Hall–Kier alpha value is -2.38. The van der Waals surface area contributed by atoms with Gasteiger partial charge < -0.3 is 14.9 Å². The summed E-state index contributed by atoms with van der Waals surface area (Å²) in [5, 5.41) is 2.06. The van der Waals surface area contributed by atoms with Crippen LogP contribution in [0.25, 0.3) is 21.8 Å². The van der Waals surface area contributed by atoms with Gasteiger partial charge in [0.25, 0.3) is 0 Å². The van der Waals surface area contributed by atoms with Gasteiger partial charge in [0.05, 0.1) is 18.2 Å². The third kappa shape index (κ3) is 2.72. The van der Waals surface area contributed by atoms with Crippen LogP contribution in [0.5, 0.6) is 0 Å². The molecule has 2 aromatic heterocycles. The van der Waals surface area contributed by atoms with Crippen molar-refractivity contribution in [1.82, 2.24) is 14.9 Å². The van der Waals surface area contributed by atoms with Gasteiger partial charge in [-0.2, -0.15) is 0 Å². The molecule has 0 saturated carbocycles. The maximum absolute atomic E-state index is 13.2. The summed E-state index contributed by atoms with van der Waals surface area (Å²) in [7, 11) is 1.94. The molecular formula is C21H16Br2N4O. The first kappa shape index (κ1) is 17.7. The zero-order chi connectivity index (χ0) is 19.4. The number of fused-ring (bicyclic) bond motifs is 2. The summed E-state index contributed by atoms with van der Waals surface area (Å²) in [4.78, 5) is 26.3. The highest BCUT2D eigenvalue weighted by Crippen LogP contribution is 2.33. The molecule has 1 unspecified atom stereocenters. The van der Waals surface area contributed by atoms with E-state index in [1.54, 1.807) is 6.20 Å². The number of rotatable bonds is 3. The lowest BCUT2D eigenvalue weighted by Crippen LogP contribution is -2.32. The van der Waals surface area contributed by atoms with E-state index in [1.807, 2.05) is 42.4 Å². The minimum atomic E-state index is -0.0545. The topological polar surface area (TPSA) is 64.2 Å². The highest BCUT2D eigenvalue weighted by Gasteiger charge is 2.32. The number of carbonyl (C=O) groups excluding carboxylic acids is 1. The Morgan fingerprint density at radius 1 is 1.04 bits per heavy atom. The number of amidine groups is 1. The smallest absolute Gasteiger partial charge is 0.229 e.